The van der Waals surface area contributed by atoms with Crippen LogP contribution in [0.4, 0.5) is 10.2 Å². The highest BCUT2D eigenvalue weighted by atomic mass is 35.5. The van der Waals surface area contributed by atoms with Gasteiger partial charge in [0.05, 0.1) is 29.2 Å². The molecule has 1 aliphatic heterocycles. The van der Waals surface area contributed by atoms with Crippen molar-refractivity contribution >= 4 is 34.4 Å². The predicted molar refractivity (Wildman–Crippen MR) is 132 cm³/mol. The Labute approximate surface area is 209 Å². The molecule has 0 spiro atoms. The summed E-state index contributed by atoms with van der Waals surface area (Å²) >= 11 is 6.19. The number of anilines is 1. The van der Waals surface area contributed by atoms with Crippen molar-refractivity contribution in [2.75, 3.05) is 39.1 Å². The third-order valence-electron chi connectivity index (χ3n) is 6.05. The number of aromatic nitrogens is 4. The van der Waals surface area contributed by atoms with Gasteiger partial charge in [-0.1, -0.05) is 17.7 Å². The Balaban J connectivity index is 1.64. The molecule has 10 nitrogen and oxygen atoms in total. The summed E-state index contributed by atoms with van der Waals surface area (Å²) in [6.07, 6.45) is 1.71. The van der Waals surface area contributed by atoms with Crippen molar-refractivity contribution in [3.63, 3.8) is 0 Å². The second-order valence-electron chi connectivity index (χ2n) is 8.24. The molecule has 2 N–H and O–H groups in total. The molecule has 1 saturated heterocycles. The number of benzene rings is 1. The van der Waals surface area contributed by atoms with E-state index in [1.165, 1.54) is 31.4 Å². The van der Waals surface area contributed by atoms with Crippen LogP contribution in [0.1, 0.15) is 10.5 Å². The average molecular weight is 513 g/mol. The third-order valence-corrected chi connectivity index (χ3v) is 6.36. The number of morpholine rings is 1. The summed E-state index contributed by atoms with van der Waals surface area (Å²) in [6.45, 7) is 1.99. The maximum atomic E-state index is 14.6. The number of fused-ring (bicyclic) bond motifs is 1. The topological polar surface area (TPSA) is 118 Å². The summed E-state index contributed by atoms with van der Waals surface area (Å²) in [5.41, 5.74) is 6.54. The van der Waals surface area contributed by atoms with E-state index in [2.05, 4.69) is 9.97 Å². The normalized spacial score (nSPS) is 13.8. The fourth-order valence-corrected chi connectivity index (χ4v) is 4.50. The molecule has 1 aromatic carbocycles. The minimum absolute atomic E-state index is 0.0411. The molecule has 0 saturated carbocycles. The van der Waals surface area contributed by atoms with Crippen LogP contribution in [0.3, 0.4) is 0 Å². The molecule has 1 amide bonds. The summed E-state index contributed by atoms with van der Waals surface area (Å²) in [6, 6.07) is 7.19. The predicted octanol–water partition coefficient (Wildman–Crippen LogP) is 2.37. The first-order valence-corrected chi connectivity index (χ1v) is 11.4. The van der Waals surface area contributed by atoms with E-state index in [9.17, 15) is 14.0 Å². The van der Waals surface area contributed by atoms with Gasteiger partial charge in [-0.3, -0.25) is 9.59 Å². The van der Waals surface area contributed by atoms with E-state index in [1.807, 2.05) is 0 Å². The van der Waals surface area contributed by atoms with Gasteiger partial charge in [0.15, 0.2) is 11.5 Å². The Morgan fingerprint density at radius 1 is 1.22 bits per heavy atom. The highest BCUT2D eigenvalue weighted by molar-refractivity contribution is 6.33. The van der Waals surface area contributed by atoms with E-state index in [1.54, 1.807) is 28.8 Å². The number of aryl methyl sites for hydroxylation is 1. The molecular weight excluding hydrogens is 491 g/mol. The fraction of sp³-hybridized carbons (Fsp3) is 0.250. The Kier molecular flexibility index (Phi) is 6.10. The van der Waals surface area contributed by atoms with Crippen LogP contribution >= 0.6 is 11.6 Å². The molecule has 4 heterocycles. The molecule has 0 atom stereocenters. The number of nitrogen functional groups attached to an aromatic ring is 1. The number of hydrogen-bond acceptors (Lipinski definition) is 7. The number of nitrogens with zero attached hydrogens (tertiary/aromatic N) is 5. The molecule has 0 aliphatic carbocycles. The molecule has 1 fully saturated rings. The Morgan fingerprint density at radius 3 is 2.67 bits per heavy atom. The molecule has 4 aromatic rings. The molecule has 0 unspecified atom stereocenters. The largest absolute Gasteiger partial charge is 0.412 e. The van der Waals surface area contributed by atoms with Gasteiger partial charge in [-0.05, 0) is 24.3 Å². The lowest BCUT2D eigenvalue weighted by molar-refractivity contribution is 0.0296. The van der Waals surface area contributed by atoms with Crippen molar-refractivity contribution in [3.05, 3.63) is 63.4 Å². The summed E-state index contributed by atoms with van der Waals surface area (Å²) in [5.74, 6) is -0.571. The van der Waals surface area contributed by atoms with Crippen molar-refractivity contribution in [3.8, 4) is 22.5 Å². The highest BCUT2D eigenvalue weighted by Gasteiger charge is 2.24. The maximum Gasteiger partial charge on any atom is 0.293 e. The lowest BCUT2D eigenvalue weighted by atomic mass is 10.1. The minimum Gasteiger partial charge on any atom is -0.412 e. The van der Waals surface area contributed by atoms with Crippen LogP contribution in [-0.4, -0.2) is 63.5 Å². The third kappa shape index (κ3) is 3.95. The summed E-state index contributed by atoms with van der Waals surface area (Å²) < 4.78 is 22.5. The van der Waals surface area contributed by atoms with Crippen LogP contribution in [0.15, 0.2) is 41.3 Å². The Hall–Kier alpha value is -3.96. The number of pyridine rings is 1. The van der Waals surface area contributed by atoms with E-state index in [0.29, 0.717) is 37.6 Å². The maximum absolute atomic E-state index is 14.6. The lowest BCUT2D eigenvalue weighted by Crippen LogP contribution is -2.41. The zero-order valence-corrected chi connectivity index (χ0v) is 20.3. The van der Waals surface area contributed by atoms with E-state index < -0.39 is 11.4 Å². The molecule has 0 radical (unpaired) electrons. The van der Waals surface area contributed by atoms with Crippen molar-refractivity contribution in [2.45, 2.75) is 0 Å². The number of halogens is 2. The fourth-order valence-electron chi connectivity index (χ4n) is 4.24. The van der Waals surface area contributed by atoms with Crippen LogP contribution in [0, 0.1) is 5.82 Å². The van der Waals surface area contributed by atoms with Crippen molar-refractivity contribution in [1.29, 1.82) is 0 Å². The lowest BCUT2D eigenvalue weighted by Gasteiger charge is -2.26. The molecule has 1 aliphatic rings. The second-order valence-corrected chi connectivity index (χ2v) is 8.64. The zero-order valence-electron chi connectivity index (χ0n) is 19.5. The molecular formula is C24H22ClFN6O4. The number of carbonyl (C=O) groups is 1. The van der Waals surface area contributed by atoms with E-state index in [-0.39, 0.29) is 44.7 Å². The number of ether oxygens (including phenoxy) is 1. The van der Waals surface area contributed by atoms with Crippen molar-refractivity contribution in [1.82, 2.24) is 24.2 Å². The first-order valence-electron chi connectivity index (χ1n) is 11.1. The first kappa shape index (κ1) is 23.8. The summed E-state index contributed by atoms with van der Waals surface area (Å²) in [5, 5.41) is 0.335. The Morgan fingerprint density at radius 2 is 1.97 bits per heavy atom. The molecule has 36 heavy (non-hydrogen) atoms. The van der Waals surface area contributed by atoms with Crippen LogP contribution in [0.2, 0.25) is 5.02 Å². The van der Waals surface area contributed by atoms with E-state index in [4.69, 9.17) is 26.9 Å². The van der Waals surface area contributed by atoms with Gasteiger partial charge in [-0.15, -0.1) is 4.73 Å². The van der Waals surface area contributed by atoms with Gasteiger partial charge in [-0.2, -0.15) is 0 Å². The smallest absolute Gasteiger partial charge is 0.293 e. The molecule has 5 rings (SSSR count). The van der Waals surface area contributed by atoms with Gasteiger partial charge in [0.1, 0.15) is 24.4 Å². The van der Waals surface area contributed by atoms with Gasteiger partial charge in [0, 0.05) is 37.5 Å². The standard InChI is InChI=1S/C24H22ClFN6O4/c1-30-12-13(10-18(30)24(34)31-6-8-36-9-7-31)21-28-20(27)15-11-14(19-16(25)4-3-5-17(19)26)23(33)32(35-2)22(15)29-21/h3-5,10-12H,6-9H2,1-2H3,(H2,27,28,29). The summed E-state index contributed by atoms with van der Waals surface area (Å²) in [7, 11) is 3.03. The van der Waals surface area contributed by atoms with E-state index >= 15 is 0 Å². The molecule has 12 heteroatoms. The quantitative estimate of drug-likeness (QED) is 0.446. The number of nitrogens with two attached hydrogens (primary N) is 1. The zero-order chi connectivity index (χ0) is 25.6. The Bertz CT molecular complexity index is 1540. The molecule has 186 valence electrons. The van der Waals surface area contributed by atoms with Crippen LogP contribution in [-0.2, 0) is 11.8 Å². The van der Waals surface area contributed by atoms with Crippen LogP contribution in [0.25, 0.3) is 33.5 Å². The average Bonchev–Trinajstić information content (AvgIpc) is 3.26. The molecule has 0 bridgehead atoms. The highest BCUT2D eigenvalue weighted by Crippen LogP contribution is 2.32. The van der Waals surface area contributed by atoms with Gasteiger partial charge < -0.3 is 24.8 Å². The van der Waals surface area contributed by atoms with Crippen molar-refractivity contribution < 1.29 is 18.8 Å². The molecule has 3 aromatic heterocycles. The SMILES string of the molecule is COn1c(=O)c(-c2c(F)cccc2Cl)cc2c(N)nc(-c3cc(C(=O)N4CCOCC4)n(C)c3)nc21. The van der Waals surface area contributed by atoms with Crippen LogP contribution < -0.4 is 16.1 Å². The number of rotatable bonds is 4. The van der Waals surface area contributed by atoms with Gasteiger partial charge in [-0.25, -0.2) is 14.4 Å². The first-order chi connectivity index (χ1) is 17.3. The minimum atomic E-state index is -0.669. The number of hydrogen-bond donors (Lipinski definition) is 1. The van der Waals surface area contributed by atoms with E-state index in [0.717, 1.165) is 4.73 Å². The monoisotopic (exact) mass is 512 g/mol. The summed E-state index contributed by atoms with van der Waals surface area (Å²) in [4.78, 5) is 42.2. The number of amides is 1. The van der Waals surface area contributed by atoms with Gasteiger partial charge >= 0.3 is 0 Å². The second kappa shape index (κ2) is 9.25. The van der Waals surface area contributed by atoms with Crippen LogP contribution in [0.5, 0.6) is 0 Å². The van der Waals surface area contributed by atoms with Gasteiger partial charge in [0.25, 0.3) is 11.5 Å². The number of carbonyl (C=O) groups excluding carboxylic acids is 1. The van der Waals surface area contributed by atoms with Crippen molar-refractivity contribution in [2.24, 2.45) is 7.05 Å². The van der Waals surface area contributed by atoms with Gasteiger partial charge in [0.2, 0.25) is 0 Å².